The lowest BCUT2D eigenvalue weighted by Gasteiger charge is -2.08. The van der Waals surface area contributed by atoms with Crippen LogP contribution in [0.2, 0.25) is 0 Å². The lowest BCUT2D eigenvalue weighted by molar-refractivity contribution is 0.581. The molecular weight excluding hydrogens is 332 g/mol. The first kappa shape index (κ1) is 19.3. The van der Waals surface area contributed by atoms with Gasteiger partial charge in [0.05, 0.1) is 10.6 Å². The highest BCUT2D eigenvalue weighted by atomic mass is 32.2. The molecule has 0 amide bonds. The Morgan fingerprint density at radius 2 is 2.00 bits per heavy atom. The van der Waals surface area contributed by atoms with E-state index in [4.69, 9.17) is 12.2 Å². The molecule has 0 bridgehead atoms. The van der Waals surface area contributed by atoms with E-state index in [1.54, 1.807) is 30.3 Å². The Kier molecular flexibility index (Phi) is 7.87. The van der Waals surface area contributed by atoms with Gasteiger partial charge in [0.2, 0.25) is 10.0 Å². The summed E-state index contributed by atoms with van der Waals surface area (Å²) in [4.78, 5) is 0.235. The molecule has 0 aliphatic carbocycles. The highest BCUT2D eigenvalue weighted by molar-refractivity contribution is 7.89. The second kappa shape index (κ2) is 9.39. The van der Waals surface area contributed by atoms with Crippen molar-refractivity contribution in [2.75, 3.05) is 13.1 Å². The van der Waals surface area contributed by atoms with E-state index in [1.807, 2.05) is 13.8 Å². The van der Waals surface area contributed by atoms with Gasteiger partial charge in [0.1, 0.15) is 0 Å². The van der Waals surface area contributed by atoms with Crippen molar-refractivity contribution in [1.82, 2.24) is 15.5 Å². The number of sulfonamides is 1. The van der Waals surface area contributed by atoms with Gasteiger partial charge in [-0.3, -0.25) is 5.43 Å². The minimum atomic E-state index is -3.45. The van der Waals surface area contributed by atoms with Crippen LogP contribution in [0.15, 0.2) is 46.9 Å². The van der Waals surface area contributed by atoms with E-state index in [-0.39, 0.29) is 4.90 Å². The van der Waals surface area contributed by atoms with Crippen molar-refractivity contribution in [3.63, 3.8) is 0 Å². The number of hydrogen-bond donors (Lipinski definition) is 3. The molecule has 0 radical (unpaired) electrons. The fraction of sp³-hybridized carbons (Fsp3) is 0.333. The van der Waals surface area contributed by atoms with Gasteiger partial charge in [0, 0.05) is 13.1 Å². The summed E-state index contributed by atoms with van der Waals surface area (Å²) < 4.78 is 26.5. The fourth-order valence-electron chi connectivity index (χ4n) is 1.60. The van der Waals surface area contributed by atoms with E-state index < -0.39 is 10.0 Å². The molecule has 23 heavy (non-hydrogen) atoms. The Bertz CT molecular complexity index is 667. The van der Waals surface area contributed by atoms with Crippen LogP contribution < -0.4 is 15.5 Å². The lowest BCUT2D eigenvalue weighted by atomic mass is 10.1. The molecule has 1 aromatic carbocycles. The highest BCUT2D eigenvalue weighted by Crippen LogP contribution is 2.11. The van der Waals surface area contributed by atoms with Gasteiger partial charge in [0.25, 0.3) is 0 Å². The second-order valence-corrected chi connectivity index (χ2v) is 6.91. The Labute approximate surface area is 143 Å². The van der Waals surface area contributed by atoms with Gasteiger partial charge in [-0.15, -0.1) is 6.58 Å². The van der Waals surface area contributed by atoms with Gasteiger partial charge in [-0.2, -0.15) is 5.10 Å². The largest absolute Gasteiger partial charge is 0.358 e. The van der Waals surface area contributed by atoms with Gasteiger partial charge in [-0.1, -0.05) is 25.1 Å². The average molecular weight is 355 g/mol. The van der Waals surface area contributed by atoms with Crippen LogP contribution in [0.3, 0.4) is 0 Å². The zero-order chi connectivity index (χ0) is 17.3. The fourth-order valence-corrected chi connectivity index (χ4v) is 2.86. The first-order valence-electron chi connectivity index (χ1n) is 7.19. The smallest absolute Gasteiger partial charge is 0.240 e. The summed E-state index contributed by atoms with van der Waals surface area (Å²) in [6.45, 7) is 8.27. The molecule has 1 aromatic rings. The van der Waals surface area contributed by atoms with Crippen LogP contribution in [0.5, 0.6) is 0 Å². The van der Waals surface area contributed by atoms with E-state index in [1.165, 1.54) is 0 Å². The monoisotopic (exact) mass is 354 g/mol. The predicted octanol–water partition coefficient (Wildman–Crippen LogP) is 1.75. The maximum absolute atomic E-state index is 12.0. The minimum absolute atomic E-state index is 0.235. The van der Waals surface area contributed by atoms with Crippen molar-refractivity contribution in [3.8, 4) is 0 Å². The molecule has 0 spiro atoms. The number of thiocarbonyl (C=S) groups is 1. The van der Waals surface area contributed by atoms with Crippen LogP contribution in [0.25, 0.3) is 0 Å². The number of nitrogens with one attached hydrogen (secondary N) is 3. The maximum atomic E-state index is 12.0. The van der Waals surface area contributed by atoms with Crippen molar-refractivity contribution >= 4 is 33.1 Å². The molecule has 1 rings (SSSR count). The third kappa shape index (κ3) is 6.47. The van der Waals surface area contributed by atoms with Crippen LogP contribution in [-0.2, 0) is 10.0 Å². The third-order valence-electron chi connectivity index (χ3n) is 2.86. The third-order valence-corrected chi connectivity index (χ3v) is 4.57. The zero-order valence-corrected chi connectivity index (χ0v) is 14.9. The topological polar surface area (TPSA) is 82.6 Å². The molecule has 126 valence electrons. The molecule has 8 heteroatoms. The highest BCUT2D eigenvalue weighted by Gasteiger charge is 2.12. The van der Waals surface area contributed by atoms with Crippen molar-refractivity contribution in [3.05, 3.63) is 42.5 Å². The second-order valence-electron chi connectivity index (χ2n) is 4.73. The van der Waals surface area contributed by atoms with E-state index in [9.17, 15) is 8.42 Å². The standard InChI is InChI=1S/C15H22N4O2S2/c1-4-10-16-15(22)19-18-12(3)13-6-8-14(9-7-13)23(20,21)17-11-5-2/h4,6-9,17H,1,5,10-11H2,2-3H3,(H2,16,19,22)/b18-12-. The molecular formula is C15H22N4O2S2. The molecule has 0 atom stereocenters. The van der Waals surface area contributed by atoms with Gasteiger partial charge in [-0.05, 0) is 43.3 Å². The Hall–Kier alpha value is -1.77. The van der Waals surface area contributed by atoms with Crippen LogP contribution >= 0.6 is 12.2 Å². The Morgan fingerprint density at radius 3 is 2.57 bits per heavy atom. The molecule has 0 fully saturated rings. The molecule has 3 N–H and O–H groups in total. The van der Waals surface area contributed by atoms with Crippen LogP contribution in [0.4, 0.5) is 0 Å². The molecule has 0 aromatic heterocycles. The maximum Gasteiger partial charge on any atom is 0.240 e. The summed E-state index contributed by atoms with van der Waals surface area (Å²) in [5.41, 5.74) is 4.22. The zero-order valence-electron chi connectivity index (χ0n) is 13.3. The predicted molar refractivity (Wildman–Crippen MR) is 98.1 cm³/mol. The number of nitrogens with zero attached hydrogens (tertiary/aromatic N) is 1. The van der Waals surface area contributed by atoms with Gasteiger partial charge in [0.15, 0.2) is 5.11 Å². The molecule has 6 nitrogen and oxygen atoms in total. The van der Waals surface area contributed by atoms with Crippen LogP contribution in [0, 0.1) is 0 Å². The summed E-state index contributed by atoms with van der Waals surface area (Å²) in [6, 6.07) is 6.53. The number of rotatable bonds is 8. The Morgan fingerprint density at radius 1 is 1.35 bits per heavy atom. The summed E-state index contributed by atoms with van der Waals surface area (Å²) >= 11 is 5.03. The van der Waals surface area contributed by atoms with Gasteiger partial charge in [-0.25, -0.2) is 13.1 Å². The summed E-state index contributed by atoms with van der Waals surface area (Å²) in [7, 11) is -3.45. The van der Waals surface area contributed by atoms with E-state index in [0.29, 0.717) is 23.9 Å². The average Bonchev–Trinajstić information content (AvgIpc) is 2.56. The molecule has 0 unspecified atom stereocenters. The first-order valence-corrected chi connectivity index (χ1v) is 9.09. The summed E-state index contributed by atoms with van der Waals surface area (Å²) in [6.07, 6.45) is 2.44. The molecule has 0 saturated carbocycles. The SMILES string of the molecule is C=CCNC(=S)N/N=C(/C)c1ccc(S(=O)(=O)NCCC)cc1. The van der Waals surface area contributed by atoms with Crippen LogP contribution in [0.1, 0.15) is 25.8 Å². The summed E-state index contributed by atoms with van der Waals surface area (Å²) in [5.74, 6) is 0. The molecule has 0 saturated heterocycles. The van der Waals surface area contributed by atoms with Crippen molar-refractivity contribution in [2.24, 2.45) is 5.10 Å². The summed E-state index contributed by atoms with van der Waals surface area (Å²) in [5, 5.41) is 7.44. The van der Waals surface area contributed by atoms with Gasteiger partial charge < -0.3 is 5.32 Å². The van der Waals surface area contributed by atoms with Gasteiger partial charge >= 0.3 is 0 Å². The quantitative estimate of drug-likeness (QED) is 0.287. The lowest BCUT2D eigenvalue weighted by Crippen LogP contribution is -2.32. The number of hydrogen-bond acceptors (Lipinski definition) is 4. The first-order chi connectivity index (χ1) is 10.9. The molecule has 0 aliphatic rings. The van der Waals surface area contributed by atoms with Crippen molar-refractivity contribution in [1.29, 1.82) is 0 Å². The Balaban J connectivity index is 2.75. The van der Waals surface area contributed by atoms with E-state index >= 15 is 0 Å². The van der Waals surface area contributed by atoms with E-state index in [0.717, 1.165) is 12.0 Å². The normalized spacial score (nSPS) is 11.8. The number of hydrazone groups is 1. The van der Waals surface area contributed by atoms with E-state index in [2.05, 4.69) is 27.1 Å². The number of benzene rings is 1. The molecule has 0 heterocycles. The molecule has 0 aliphatic heterocycles. The minimum Gasteiger partial charge on any atom is -0.358 e. The van der Waals surface area contributed by atoms with Crippen molar-refractivity contribution in [2.45, 2.75) is 25.2 Å². The van der Waals surface area contributed by atoms with Crippen molar-refractivity contribution < 1.29 is 8.42 Å². The van der Waals surface area contributed by atoms with Crippen LogP contribution in [-0.4, -0.2) is 32.3 Å².